The molecule has 1 heterocycles. The van der Waals surface area contributed by atoms with Crippen molar-refractivity contribution in [1.29, 1.82) is 0 Å². The molecule has 2 aliphatic carbocycles. The second-order valence-corrected chi connectivity index (χ2v) is 8.85. The monoisotopic (exact) mass is 408 g/mol. The van der Waals surface area contributed by atoms with E-state index in [2.05, 4.69) is 0 Å². The summed E-state index contributed by atoms with van der Waals surface area (Å²) in [4.78, 5) is 20.6. The van der Waals surface area contributed by atoms with Crippen molar-refractivity contribution in [3.63, 3.8) is 0 Å². The Hall–Kier alpha value is -3.24. The van der Waals surface area contributed by atoms with Crippen LogP contribution in [-0.2, 0) is 16.9 Å². The van der Waals surface area contributed by atoms with Gasteiger partial charge in [-0.1, -0.05) is 91.7 Å². The van der Waals surface area contributed by atoms with Crippen molar-refractivity contribution in [3.8, 4) is 11.1 Å². The number of carbonyl (C=O) groups is 1. The molecule has 0 saturated heterocycles. The maximum absolute atomic E-state index is 13.8. The maximum atomic E-state index is 13.8. The lowest BCUT2D eigenvalue weighted by Crippen LogP contribution is -2.47. The predicted octanol–water partition coefficient (Wildman–Crippen LogP) is 4.66. The Bertz CT molecular complexity index is 1160. The summed E-state index contributed by atoms with van der Waals surface area (Å²) in [5.41, 5.74) is 2.47. The van der Waals surface area contributed by atoms with E-state index in [9.17, 15) is 9.90 Å². The van der Waals surface area contributed by atoms with Gasteiger partial charge in [-0.15, -0.1) is 0 Å². The Morgan fingerprint density at radius 3 is 1.97 bits per heavy atom. The van der Waals surface area contributed by atoms with Crippen molar-refractivity contribution >= 4 is 11.7 Å². The number of aliphatic hydroxyl groups is 1. The van der Waals surface area contributed by atoms with Crippen LogP contribution in [0.1, 0.15) is 42.4 Å². The van der Waals surface area contributed by atoms with Gasteiger partial charge in [0.25, 0.3) is 5.91 Å². The fourth-order valence-corrected chi connectivity index (χ4v) is 5.59. The second kappa shape index (κ2) is 6.63. The number of carbonyl (C=O) groups excluding carboxylic acids is 1. The highest BCUT2D eigenvalue weighted by Crippen LogP contribution is 2.51. The Labute approximate surface area is 181 Å². The van der Waals surface area contributed by atoms with Crippen molar-refractivity contribution in [2.45, 2.75) is 43.4 Å². The largest absolute Gasteiger partial charge is 0.373 e. The summed E-state index contributed by atoms with van der Waals surface area (Å²) in [7, 11) is 0. The van der Waals surface area contributed by atoms with E-state index in [1.54, 1.807) is 4.90 Å². The first-order valence-electron chi connectivity index (χ1n) is 11.0. The molecule has 0 radical (unpaired) electrons. The first-order chi connectivity index (χ1) is 15.1. The number of hydrogen-bond donors (Lipinski definition) is 1. The number of hydrogen-bond acceptors (Lipinski definition) is 3. The first kappa shape index (κ1) is 18.5. The minimum Gasteiger partial charge on any atom is -0.373 e. The molecule has 0 bridgehead atoms. The van der Waals surface area contributed by atoms with Crippen molar-refractivity contribution in [2.24, 2.45) is 4.99 Å². The third-order valence-corrected chi connectivity index (χ3v) is 7.08. The molecule has 1 fully saturated rings. The summed E-state index contributed by atoms with van der Waals surface area (Å²) in [6, 6.07) is 25.8. The summed E-state index contributed by atoms with van der Waals surface area (Å²) in [5, 5.41) is 12.4. The molecular formula is C27H24N2O2. The van der Waals surface area contributed by atoms with Crippen LogP contribution in [0.2, 0.25) is 0 Å². The van der Waals surface area contributed by atoms with Crippen molar-refractivity contribution in [3.05, 3.63) is 95.6 Å². The summed E-state index contributed by atoms with van der Waals surface area (Å²) >= 11 is 0. The average molecular weight is 409 g/mol. The molecule has 1 aliphatic heterocycles. The summed E-state index contributed by atoms with van der Waals surface area (Å²) in [6.45, 7) is 0.410. The minimum atomic E-state index is -1.44. The molecule has 3 aliphatic rings. The molecule has 0 aromatic heterocycles. The van der Waals surface area contributed by atoms with Crippen LogP contribution < -0.4 is 0 Å². The summed E-state index contributed by atoms with van der Waals surface area (Å²) in [6.07, 6.45) is 3.49. The zero-order valence-corrected chi connectivity index (χ0v) is 17.3. The lowest BCUT2D eigenvalue weighted by Gasteiger charge is -2.31. The number of aliphatic imine (C=N–C) groups is 1. The highest BCUT2D eigenvalue weighted by atomic mass is 16.3. The van der Waals surface area contributed by atoms with Gasteiger partial charge in [-0.05, 0) is 29.5 Å². The number of amides is 1. The number of fused-ring (bicyclic) bond motifs is 3. The molecule has 0 unspecified atom stereocenters. The first-order valence-corrected chi connectivity index (χ1v) is 11.0. The van der Waals surface area contributed by atoms with E-state index in [-0.39, 0.29) is 5.91 Å². The fraction of sp³-hybridized carbons (Fsp3) is 0.259. The van der Waals surface area contributed by atoms with E-state index < -0.39 is 11.1 Å². The molecule has 4 nitrogen and oxygen atoms in total. The molecule has 1 saturated carbocycles. The van der Waals surface area contributed by atoms with Crippen LogP contribution in [0.5, 0.6) is 0 Å². The standard InChI is InChI=1S/C27H24N2O2/c30-25-26(16-8-9-17-26)28-24(29(25)18-19-10-2-1-3-11-19)27(31)22-14-6-4-12-20(22)21-13-5-7-15-23(21)27/h1-7,10-15,31H,8-9,16-18H2. The van der Waals surface area contributed by atoms with E-state index in [1.165, 1.54) is 0 Å². The van der Waals surface area contributed by atoms with E-state index in [0.717, 1.165) is 53.5 Å². The highest BCUT2D eigenvalue weighted by molar-refractivity contribution is 6.15. The molecule has 6 rings (SSSR count). The van der Waals surface area contributed by atoms with Gasteiger partial charge in [0.2, 0.25) is 0 Å². The smallest absolute Gasteiger partial charge is 0.256 e. The van der Waals surface area contributed by atoms with Crippen molar-refractivity contribution < 1.29 is 9.90 Å². The van der Waals surface area contributed by atoms with Crippen LogP contribution in [0.4, 0.5) is 0 Å². The molecule has 0 atom stereocenters. The Morgan fingerprint density at radius 1 is 0.806 bits per heavy atom. The van der Waals surface area contributed by atoms with E-state index in [4.69, 9.17) is 4.99 Å². The lowest BCUT2D eigenvalue weighted by atomic mass is 9.89. The molecular weight excluding hydrogens is 384 g/mol. The SMILES string of the molecule is O=C1N(Cc2ccccc2)C(C2(O)c3ccccc3-c3ccccc32)=NC12CCCC2. The molecule has 1 spiro atoms. The molecule has 3 aromatic carbocycles. The van der Waals surface area contributed by atoms with Gasteiger partial charge < -0.3 is 5.11 Å². The topological polar surface area (TPSA) is 52.9 Å². The van der Waals surface area contributed by atoms with Gasteiger partial charge >= 0.3 is 0 Å². The third kappa shape index (κ3) is 2.52. The quantitative estimate of drug-likeness (QED) is 0.685. The van der Waals surface area contributed by atoms with Crippen LogP contribution in [0.25, 0.3) is 11.1 Å². The minimum absolute atomic E-state index is 0.0270. The normalized spacial score (nSPS) is 20.1. The van der Waals surface area contributed by atoms with Gasteiger partial charge in [0.15, 0.2) is 5.60 Å². The van der Waals surface area contributed by atoms with Gasteiger partial charge in [-0.3, -0.25) is 14.7 Å². The van der Waals surface area contributed by atoms with Gasteiger partial charge in [0.05, 0.1) is 6.54 Å². The van der Waals surface area contributed by atoms with Gasteiger partial charge in [0, 0.05) is 11.1 Å². The molecule has 1 amide bonds. The number of rotatable bonds is 3. The van der Waals surface area contributed by atoms with Gasteiger partial charge in [-0.25, -0.2) is 0 Å². The third-order valence-electron chi connectivity index (χ3n) is 7.08. The lowest BCUT2D eigenvalue weighted by molar-refractivity contribution is -0.131. The molecule has 31 heavy (non-hydrogen) atoms. The zero-order valence-electron chi connectivity index (χ0n) is 17.3. The average Bonchev–Trinajstić information content (AvgIpc) is 3.47. The highest BCUT2D eigenvalue weighted by Gasteiger charge is 2.57. The van der Waals surface area contributed by atoms with Gasteiger partial charge in [0.1, 0.15) is 11.4 Å². The van der Waals surface area contributed by atoms with Crippen LogP contribution in [0.15, 0.2) is 83.9 Å². The van der Waals surface area contributed by atoms with Crippen LogP contribution in [0.3, 0.4) is 0 Å². The number of nitrogens with zero attached hydrogens (tertiary/aromatic N) is 2. The number of benzene rings is 3. The van der Waals surface area contributed by atoms with Crippen LogP contribution in [-0.4, -0.2) is 27.3 Å². The van der Waals surface area contributed by atoms with Gasteiger partial charge in [-0.2, -0.15) is 0 Å². The van der Waals surface area contributed by atoms with Crippen molar-refractivity contribution in [1.82, 2.24) is 4.90 Å². The number of amidine groups is 1. The predicted molar refractivity (Wildman–Crippen MR) is 121 cm³/mol. The van der Waals surface area contributed by atoms with E-state index in [0.29, 0.717) is 12.4 Å². The second-order valence-electron chi connectivity index (χ2n) is 8.85. The maximum Gasteiger partial charge on any atom is 0.256 e. The van der Waals surface area contributed by atoms with Crippen LogP contribution >= 0.6 is 0 Å². The van der Waals surface area contributed by atoms with E-state index in [1.807, 2.05) is 78.9 Å². The zero-order chi connectivity index (χ0) is 21.1. The molecule has 3 aromatic rings. The van der Waals surface area contributed by atoms with Crippen LogP contribution in [0, 0.1) is 0 Å². The Morgan fingerprint density at radius 2 is 1.35 bits per heavy atom. The molecule has 1 N–H and O–H groups in total. The molecule has 4 heteroatoms. The molecule has 154 valence electrons. The Balaban J connectivity index is 1.56. The summed E-state index contributed by atoms with van der Waals surface area (Å²) in [5.74, 6) is 0.500. The van der Waals surface area contributed by atoms with E-state index >= 15 is 0 Å². The fourth-order valence-electron chi connectivity index (χ4n) is 5.59. The Kier molecular flexibility index (Phi) is 3.96. The summed E-state index contributed by atoms with van der Waals surface area (Å²) < 4.78 is 0. The van der Waals surface area contributed by atoms with Crippen molar-refractivity contribution in [2.75, 3.05) is 0 Å².